The molecule has 3 fully saturated rings. The molecule has 7 nitrogen and oxygen atoms in total. The molecule has 5 heterocycles. The van der Waals surface area contributed by atoms with Gasteiger partial charge in [0.2, 0.25) is 0 Å². The molecule has 3 saturated heterocycles. The van der Waals surface area contributed by atoms with Gasteiger partial charge in [0.1, 0.15) is 0 Å². The predicted molar refractivity (Wildman–Crippen MR) is 128 cm³/mol. The summed E-state index contributed by atoms with van der Waals surface area (Å²) in [6.07, 6.45) is 8.11. The number of carbonyl (C=O) groups excluding carboxylic acids is 1. The zero-order valence-electron chi connectivity index (χ0n) is 18.6. The minimum atomic E-state index is 0. The Labute approximate surface area is 201 Å². The van der Waals surface area contributed by atoms with E-state index in [0.29, 0.717) is 23.7 Å². The van der Waals surface area contributed by atoms with E-state index in [1.165, 1.54) is 32.2 Å². The maximum absolute atomic E-state index is 13.5. The van der Waals surface area contributed by atoms with Gasteiger partial charge in [-0.15, -0.1) is 24.8 Å². The molecule has 2 aromatic rings. The fourth-order valence-electron chi connectivity index (χ4n) is 6.70. The number of amides is 1. The molecule has 2 bridgehead atoms. The third-order valence-corrected chi connectivity index (χ3v) is 8.05. The van der Waals surface area contributed by atoms with E-state index in [-0.39, 0.29) is 30.7 Å². The van der Waals surface area contributed by atoms with Gasteiger partial charge in [0.15, 0.2) is 0 Å². The summed E-state index contributed by atoms with van der Waals surface area (Å²) in [5.41, 5.74) is 4.13. The number of carbonyl (C=O) groups is 1. The molecule has 2 aromatic heterocycles. The highest BCUT2D eigenvalue weighted by atomic mass is 35.5. The van der Waals surface area contributed by atoms with Crippen LogP contribution in [0.5, 0.6) is 0 Å². The van der Waals surface area contributed by atoms with Gasteiger partial charge in [-0.25, -0.2) is 4.98 Å². The molecule has 1 aliphatic carbocycles. The van der Waals surface area contributed by atoms with E-state index in [0.717, 1.165) is 72.7 Å². The van der Waals surface area contributed by atoms with Crippen LogP contribution in [0.2, 0.25) is 0 Å². The maximum Gasteiger partial charge on any atom is 0.259 e. The number of aryl methyl sites for hydroxylation is 2. The van der Waals surface area contributed by atoms with Crippen molar-refractivity contribution in [2.75, 3.05) is 26.2 Å². The molecule has 0 radical (unpaired) electrons. The maximum atomic E-state index is 13.5. The van der Waals surface area contributed by atoms with Gasteiger partial charge in [-0.3, -0.25) is 9.69 Å². The van der Waals surface area contributed by atoms with Crippen molar-refractivity contribution in [2.24, 2.45) is 11.8 Å². The standard InChI is InChI=1S/C23H31N5O2.2ClH/c1-13-20-21(16-5-4-6-17(16)26-23(20)30-27-13)22(29)25-12-19-15-9-14(10-24-11-15)18-7-2-3-8-28(18)19;;/h14-15,18-19,24H,2-12H2,1H3,(H,25,29);2*1H/t14-,15+,18+,19+;;/m1../s1. The van der Waals surface area contributed by atoms with Crippen LogP contribution in [-0.4, -0.2) is 59.2 Å². The lowest BCUT2D eigenvalue weighted by Crippen LogP contribution is -2.65. The first-order valence-electron chi connectivity index (χ1n) is 11.7. The largest absolute Gasteiger partial charge is 0.350 e. The van der Waals surface area contributed by atoms with Crippen LogP contribution >= 0.6 is 24.8 Å². The number of aromatic nitrogens is 2. The molecule has 4 aliphatic rings. The first-order chi connectivity index (χ1) is 14.7. The fraction of sp³-hybridized carbons (Fsp3) is 0.696. The minimum absolute atomic E-state index is 0. The summed E-state index contributed by atoms with van der Waals surface area (Å²) in [5, 5.41) is 11.9. The van der Waals surface area contributed by atoms with Gasteiger partial charge in [-0.05, 0) is 82.5 Å². The quantitative estimate of drug-likeness (QED) is 0.700. The van der Waals surface area contributed by atoms with Crippen molar-refractivity contribution in [1.29, 1.82) is 0 Å². The number of halogens is 2. The van der Waals surface area contributed by atoms with Crippen LogP contribution in [-0.2, 0) is 12.8 Å². The Bertz CT molecular complexity index is 996. The first-order valence-corrected chi connectivity index (χ1v) is 11.7. The molecule has 2 N–H and O–H groups in total. The molecular weight excluding hydrogens is 449 g/mol. The van der Waals surface area contributed by atoms with Crippen LogP contribution in [0.15, 0.2) is 4.52 Å². The highest BCUT2D eigenvalue weighted by Crippen LogP contribution is 2.39. The van der Waals surface area contributed by atoms with Crippen LogP contribution in [0.3, 0.4) is 0 Å². The second kappa shape index (κ2) is 9.45. The number of hydrogen-bond acceptors (Lipinski definition) is 6. The second-order valence-corrected chi connectivity index (χ2v) is 9.71. The summed E-state index contributed by atoms with van der Waals surface area (Å²) in [6.45, 7) is 6.03. The SMILES string of the molecule is Cc1noc2nc3c(c(C(=O)NC[C@H]4[C@@H]5CNC[C@@H](C5)[C@@H]5CCCCN54)c12)CCC3.Cl.Cl. The zero-order valence-corrected chi connectivity index (χ0v) is 20.2. The fourth-order valence-corrected chi connectivity index (χ4v) is 6.70. The number of fused-ring (bicyclic) bond motifs is 6. The highest BCUT2D eigenvalue weighted by Gasteiger charge is 2.45. The Morgan fingerprint density at radius 3 is 2.91 bits per heavy atom. The summed E-state index contributed by atoms with van der Waals surface area (Å²) in [4.78, 5) is 20.9. The van der Waals surface area contributed by atoms with E-state index in [2.05, 4.69) is 25.7 Å². The van der Waals surface area contributed by atoms with Gasteiger partial charge in [-0.2, -0.15) is 0 Å². The van der Waals surface area contributed by atoms with E-state index in [4.69, 9.17) is 4.52 Å². The van der Waals surface area contributed by atoms with E-state index >= 15 is 0 Å². The summed E-state index contributed by atoms with van der Waals surface area (Å²) >= 11 is 0. The Morgan fingerprint density at radius 1 is 1.19 bits per heavy atom. The minimum Gasteiger partial charge on any atom is -0.350 e. The van der Waals surface area contributed by atoms with Crippen molar-refractivity contribution in [1.82, 2.24) is 25.7 Å². The molecule has 1 amide bonds. The molecular formula is C23H33Cl2N5O2. The van der Waals surface area contributed by atoms with Crippen molar-refractivity contribution < 1.29 is 9.32 Å². The lowest BCUT2D eigenvalue weighted by molar-refractivity contribution is -0.0371. The molecule has 0 unspecified atom stereocenters. The normalized spacial score (nSPS) is 28.9. The monoisotopic (exact) mass is 481 g/mol. The smallest absolute Gasteiger partial charge is 0.259 e. The topological polar surface area (TPSA) is 83.3 Å². The average Bonchev–Trinajstić information content (AvgIpc) is 3.39. The summed E-state index contributed by atoms with van der Waals surface area (Å²) < 4.78 is 5.43. The molecule has 0 spiro atoms. The van der Waals surface area contributed by atoms with Gasteiger partial charge >= 0.3 is 0 Å². The van der Waals surface area contributed by atoms with Gasteiger partial charge in [-0.1, -0.05) is 11.6 Å². The zero-order chi connectivity index (χ0) is 20.2. The van der Waals surface area contributed by atoms with Gasteiger partial charge < -0.3 is 15.2 Å². The average molecular weight is 482 g/mol. The highest BCUT2D eigenvalue weighted by molar-refractivity contribution is 6.07. The third-order valence-electron chi connectivity index (χ3n) is 8.05. The number of rotatable bonds is 3. The summed E-state index contributed by atoms with van der Waals surface area (Å²) in [5.74, 6) is 1.42. The van der Waals surface area contributed by atoms with Crippen molar-refractivity contribution in [3.8, 4) is 0 Å². The van der Waals surface area contributed by atoms with E-state index < -0.39 is 0 Å². The summed E-state index contributed by atoms with van der Waals surface area (Å²) in [6, 6.07) is 1.11. The Kier molecular flexibility index (Phi) is 7.01. The first kappa shape index (κ1) is 23.7. The van der Waals surface area contributed by atoms with E-state index in [1.807, 2.05) is 6.92 Å². The number of pyridine rings is 1. The molecule has 6 rings (SSSR count). The second-order valence-electron chi connectivity index (χ2n) is 9.71. The predicted octanol–water partition coefficient (Wildman–Crippen LogP) is 3.06. The molecule has 32 heavy (non-hydrogen) atoms. The summed E-state index contributed by atoms with van der Waals surface area (Å²) in [7, 11) is 0. The van der Waals surface area contributed by atoms with Crippen LogP contribution in [0.4, 0.5) is 0 Å². The van der Waals surface area contributed by atoms with Crippen LogP contribution in [0.25, 0.3) is 11.1 Å². The number of piperidine rings is 3. The van der Waals surface area contributed by atoms with Crippen LogP contribution < -0.4 is 10.6 Å². The molecule has 4 atom stereocenters. The van der Waals surface area contributed by atoms with Crippen molar-refractivity contribution >= 4 is 41.8 Å². The Balaban J connectivity index is 0.00000122. The van der Waals surface area contributed by atoms with E-state index in [1.54, 1.807) is 0 Å². The van der Waals surface area contributed by atoms with Gasteiger partial charge in [0.05, 0.1) is 16.6 Å². The molecule has 9 heteroatoms. The Morgan fingerprint density at radius 2 is 2.03 bits per heavy atom. The van der Waals surface area contributed by atoms with Crippen molar-refractivity contribution in [2.45, 2.75) is 64.0 Å². The number of nitrogens with zero attached hydrogens (tertiary/aromatic N) is 3. The lowest BCUT2D eigenvalue weighted by Gasteiger charge is -2.55. The number of hydrogen-bond donors (Lipinski definition) is 2. The van der Waals surface area contributed by atoms with Crippen molar-refractivity contribution in [3.63, 3.8) is 0 Å². The third kappa shape index (κ3) is 3.81. The van der Waals surface area contributed by atoms with Gasteiger partial charge in [0.25, 0.3) is 11.6 Å². The van der Waals surface area contributed by atoms with Crippen LogP contribution in [0, 0.1) is 18.8 Å². The molecule has 0 aromatic carbocycles. The molecule has 3 aliphatic heterocycles. The number of nitrogens with one attached hydrogen (secondary N) is 2. The molecule has 0 saturated carbocycles. The Hall–Kier alpha value is -1.41. The lowest BCUT2D eigenvalue weighted by atomic mass is 9.73. The molecule has 176 valence electrons. The van der Waals surface area contributed by atoms with Gasteiger partial charge in [0, 0.05) is 24.3 Å². The van der Waals surface area contributed by atoms with Crippen molar-refractivity contribution in [3.05, 3.63) is 22.5 Å². The van der Waals surface area contributed by atoms with E-state index in [9.17, 15) is 4.79 Å². The van der Waals surface area contributed by atoms with Crippen LogP contribution in [0.1, 0.15) is 59.4 Å².